The minimum absolute atomic E-state index is 0.0413. The second-order valence-corrected chi connectivity index (χ2v) is 3.78. The first-order chi connectivity index (χ1) is 7.54. The SMILES string of the molecule is CC=C(C)[C@H](CC(=O)O)c1cccc(O)c1. The number of phenols is 1. The van der Waals surface area contributed by atoms with Crippen LogP contribution in [0.15, 0.2) is 35.9 Å². The van der Waals surface area contributed by atoms with E-state index in [0.717, 1.165) is 11.1 Å². The van der Waals surface area contributed by atoms with Gasteiger partial charge >= 0.3 is 5.97 Å². The van der Waals surface area contributed by atoms with E-state index in [2.05, 4.69) is 0 Å². The second kappa shape index (κ2) is 5.35. The molecule has 2 N–H and O–H groups in total. The van der Waals surface area contributed by atoms with E-state index in [1.165, 1.54) is 0 Å². The van der Waals surface area contributed by atoms with Crippen LogP contribution < -0.4 is 0 Å². The predicted molar refractivity (Wildman–Crippen MR) is 62.5 cm³/mol. The van der Waals surface area contributed by atoms with E-state index in [4.69, 9.17) is 5.11 Å². The van der Waals surface area contributed by atoms with Crippen LogP contribution in [0.25, 0.3) is 0 Å². The molecule has 0 aliphatic rings. The van der Waals surface area contributed by atoms with Crippen LogP contribution in [0.4, 0.5) is 0 Å². The number of hydrogen-bond acceptors (Lipinski definition) is 2. The highest BCUT2D eigenvalue weighted by Gasteiger charge is 2.17. The van der Waals surface area contributed by atoms with Gasteiger partial charge in [-0.2, -0.15) is 0 Å². The molecule has 0 radical (unpaired) electrons. The summed E-state index contributed by atoms with van der Waals surface area (Å²) in [5.41, 5.74) is 1.83. The number of hydrogen-bond donors (Lipinski definition) is 2. The molecule has 0 aliphatic heterocycles. The number of aromatic hydroxyl groups is 1. The lowest BCUT2D eigenvalue weighted by atomic mass is 9.89. The van der Waals surface area contributed by atoms with Gasteiger partial charge in [-0.25, -0.2) is 0 Å². The van der Waals surface area contributed by atoms with Crippen molar-refractivity contribution in [2.45, 2.75) is 26.2 Å². The molecule has 86 valence electrons. The molecule has 1 rings (SSSR count). The fraction of sp³-hybridized carbons (Fsp3) is 0.308. The molecule has 0 bridgehead atoms. The third kappa shape index (κ3) is 3.12. The fourth-order valence-electron chi connectivity index (χ4n) is 1.66. The van der Waals surface area contributed by atoms with Crippen molar-refractivity contribution in [1.82, 2.24) is 0 Å². The lowest BCUT2D eigenvalue weighted by molar-refractivity contribution is -0.137. The largest absolute Gasteiger partial charge is 0.508 e. The van der Waals surface area contributed by atoms with E-state index in [1.807, 2.05) is 26.0 Å². The van der Waals surface area contributed by atoms with Crippen molar-refractivity contribution in [1.29, 1.82) is 0 Å². The van der Waals surface area contributed by atoms with Gasteiger partial charge in [0.15, 0.2) is 0 Å². The van der Waals surface area contributed by atoms with Gasteiger partial charge in [-0.1, -0.05) is 23.8 Å². The first kappa shape index (κ1) is 12.3. The molecule has 0 saturated carbocycles. The third-order valence-corrected chi connectivity index (χ3v) is 2.66. The Bertz CT molecular complexity index is 407. The lowest BCUT2D eigenvalue weighted by Crippen LogP contribution is -2.07. The molecule has 0 unspecified atom stereocenters. The highest BCUT2D eigenvalue weighted by Crippen LogP contribution is 2.29. The van der Waals surface area contributed by atoms with Crippen molar-refractivity contribution in [3.05, 3.63) is 41.5 Å². The molecule has 0 aliphatic carbocycles. The number of allylic oxidation sites excluding steroid dienone is 2. The molecule has 0 aromatic heterocycles. The van der Waals surface area contributed by atoms with Gasteiger partial charge in [-0.3, -0.25) is 4.79 Å². The van der Waals surface area contributed by atoms with E-state index in [1.54, 1.807) is 18.2 Å². The molecule has 0 spiro atoms. The Morgan fingerprint density at radius 3 is 2.69 bits per heavy atom. The number of carboxylic acid groups (broad SMARTS) is 1. The van der Waals surface area contributed by atoms with Crippen LogP contribution >= 0.6 is 0 Å². The number of carboxylic acids is 1. The summed E-state index contributed by atoms with van der Waals surface area (Å²) in [5, 5.41) is 18.3. The molecule has 0 fully saturated rings. The van der Waals surface area contributed by atoms with Gasteiger partial charge in [0.05, 0.1) is 6.42 Å². The van der Waals surface area contributed by atoms with Crippen molar-refractivity contribution >= 4 is 5.97 Å². The zero-order valence-corrected chi connectivity index (χ0v) is 9.47. The molecule has 0 heterocycles. The van der Waals surface area contributed by atoms with Crippen molar-refractivity contribution in [2.75, 3.05) is 0 Å². The summed E-state index contributed by atoms with van der Waals surface area (Å²) in [4.78, 5) is 10.8. The molecule has 1 aromatic carbocycles. The van der Waals surface area contributed by atoms with Crippen LogP contribution in [-0.4, -0.2) is 16.2 Å². The molecule has 16 heavy (non-hydrogen) atoms. The number of benzene rings is 1. The number of rotatable bonds is 4. The normalized spacial score (nSPS) is 13.5. The Morgan fingerprint density at radius 2 is 2.19 bits per heavy atom. The van der Waals surface area contributed by atoms with E-state index in [-0.39, 0.29) is 18.1 Å². The van der Waals surface area contributed by atoms with Crippen molar-refractivity contribution in [2.24, 2.45) is 0 Å². The zero-order valence-electron chi connectivity index (χ0n) is 9.47. The lowest BCUT2D eigenvalue weighted by Gasteiger charge is -2.16. The molecule has 1 atom stereocenters. The maximum Gasteiger partial charge on any atom is 0.304 e. The first-order valence-corrected chi connectivity index (χ1v) is 5.18. The summed E-state index contributed by atoms with van der Waals surface area (Å²) < 4.78 is 0. The molecular weight excluding hydrogens is 204 g/mol. The Kier molecular flexibility index (Phi) is 4.11. The van der Waals surface area contributed by atoms with Gasteiger partial charge in [0, 0.05) is 5.92 Å². The van der Waals surface area contributed by atoms with Gasteiger partial charge in [0.1, 0.15) is 5.75 Å². The maximum absolute atomic E-state index is 10.8. The van der Waals surface area contributed by atoms with Gasteiger partial charge in [0.25, 0.3) is 0 Å². The molecular formula is C13H16O3. The molecule has 1 aromatic rings. The summed E-state index contributed by atoms with van der Waals surface area (Å²) in [5.74, 6) is -0.846. The zero-order chi connectivity index (χ0) is 12.1. The predicted octanol–water partition coefficient (Wildman–Crippen LogP) is 2.92. The molecule has 3 nitrogen and oxygen atoms in total. The van der Waals surface area contributed by atoms with E-state index in [9.17, 15) is 9.90 Å². The van der Waals surface area contributed by atoms with Crippen LogP contribution in [0.2, 0.25) is 0 Å². The minimum Gasteiger partial charge on any atom is -0.508 e. The van der Waals surface area contributed by atoms with Gasteiger partial charge < -0.3 is 10.2 Å². The van der Waals surface area contributed by atoms with E-state index in [0.29, 0.717) is 0 Å². The van der Waals surface area contributed by atoms with Crippen LogP contribution in [0.5, 0.6) is 5.75 Å². The molecule has 0 amide bonds. The van der Waals surface area contributed by atoms with Gasteiger partial charge in [0.2, 0.25) is 0 Å². The van der Waals surface area contributed by atoms with Crippen LogP contribution in [-0.2, 0) is 4.79 Å². The van der Waals surface area contributed by atoms with Crippen molar-refractivity contribution in [3.8, 4) is 5.75 Å². The summed E-state index contributed by atoms with van der Waals surface area (Å²) >= 11 is 0. The topological polar surface area (TPSA) is 57.5 Å². The van der Waals surface area contributed by atoms with Crippen LogP contribution in [0.3, 0.4) is 0 Å². The average molecular weight is 220 g/mol. The smallest absolute Gasteiger partial charge is 0.304 e. The summed E-state index contributed by atoms with van der Waals surface area (Å²) in [6.45, 7) is 3.78. The van der Waals surface area contributed by atoms with E-state index >= 15 is 0 Å². The Hall–Kier alpha value is -1.77. The Labute approximate surface area is 95.0 Å². The Morgan fingerprint density at radius 1 is 1.50 bits per heavy atom. The number of phenolic OH excluding ortho intramolecular Hbond substituents is 1. The quantitative estimate of drug-likeness (QED) is 0.767. The summed E-state index contributed by atoms with van der Waals surface area (Å²) in [6.07, 6.45) is 1.94. The standard InChI is InChI=1S/C13H16O3/c1-3-9(2)12(8-13(15)16)10-5-4-6-11(14)7-10/h3-7,12,14H,8H2,1-2H3,(H,15,16)/t12-/m0/s1. The van der Waals surface area contributed by atoms with Gasteiger partial charge in [-0.15, -0.1) is 0 Å². The maximum atomic E-state index is 10.8. The van der Waals surface area contributed by atoms with Crippen LogP contribution in [0, 0.1) is 0 Å². The number of aliphatic carboxylic acids is 1. The highest BCUT2D eigenvalue weighted by atomic mass is 16.4. The summed E-state index contributed by atoms with van der Waals surface area (Å²) in [6, 6.07) is 6.75. The highest BCUT2D eigenvalue weighted by molar-refractivity contribution is 5.69. The molecule has 0 saturated heterocycles. The Balaban J connectivity index is 3.05. The van der Waals surface area contributed by atoms with Crippen LogP contribution in [0.1, 0.15) is 31.7 Å². The summed E-state index contributed by atoms with van der Waals surface area (Å²) in [7, 11) is 0. The third-order valence-electron chi connectivity index (χ3n) is 2.66. The number of carbonyl (C=O) groups is 1. The van der Waals surface area contributed by atoms with E-state index < -0.39 is 5.97 Å². The fourth-order valence-corrected chi connectivity index (χ4v) is 1.66. The monoisotopic (exact) mass is 220 g/mol. The van der Waals surface area contributed by atoms with Crippen molar-refractivity contribution in [3.63, 3.8) is 0 Å². The molecule has 3 heteroatoms. The first-order valence-electron chi connectivity index (χ1n) is 5.18. The van der Waals surface area contributed by atoms with Gasteiger partial charge in [-0.05, 0) is 31.5 Å². The average Bonchev–Trinajstić information content (AvgIpc) is 2.24. The second-order valence-electron chi connectivity index (χ2n) is 3.78. The van der Waals surface area contributed by atoms with Crippen molar-refractivity contribution < 1.29 is 15.0 Å². The minimum atomic E-state index is -0.838.